The minimum absolute atomic E-state index is 0.00571. The average Bonchev–Trinajstić information content (AvgIpc) is 3.53. The van der Waals surface area contributed by atoms with Gasteiger partial charge in [-0.3, -0.25) is 29.6 Å². The molecule has 176 valence electrons. The summed E-state index contributed by atoms with van der Waals surface area (Å²) >= 11 is 1.74. The maximum Gasteiger partial charge on any atom is 0.269 e. The molecular weight excluding hydrogens is 464 g/mol. The molecule has 1 spiro atoms. The summed E-state index contributed by atoms with van der Waals surface area (Å²) in [5.74, 6) is -0.0131. The van der Waals surface area contributed by atoms with Crippen LogP contribution in [-0.4, -0.2) is 44.2 Å². The summed E-state index contributed by atoms with van der Waals surface area (Å²) in [6.45, 7) is 1.98. The minimum Gasteiger partial charge on any atom is -0.324 e. The number of carbonyl (C=O) groups is 2. The fraction of sp³-hybridized carbons (Fsp3) is 0.269. The first-order chi connectivity index (χ1) is 16.9. The number of benzene rings is 2. The molecule has 6 rings (SSSR count). The maximum absolute atomic E-state index is 14.3. The van der Waals surface area contributed by atoms with E-state index in [1.165, 1.54) is 12.1 Å². The predicted molar refractivity (Wildman–Crippen MR) is 132 cm³/mol. The van der Waals surface area contributed by atoms with E-state index in [0.717, 1.165) is 28.1 Å². The highest BCUT2D eigenvalue weighted by molar-refractivity contribution is 7.99. The number of anilines is 1. The van der Waals surface area contributed by atoms with Crippen LogP contribution in [0, 0.1) is 23.0 Å². The second kappa shape index (κ2) is 8.00. The van der Waals surface area contributed by atoms with Gasteiger partial charge in [-0.15, -0.1) is 11.8 Å². The molecule has 35 heavy (non-hydrogen) atoms. The zero-order chi connectivity index (χ0) is 24.3. The third-order valence-corrected chi connectivity index (χ3v) is 8.53. The Bertz CT molecular complexity index is 1360. The molecule has 0 saturated carbocycles. The Hall–Kier alpha value is -3.56. The number of nitro benzene ring substituents is 1. The third kappa shape index (κ3) is 3.08. The van der Waals surface area contributed by atoms with Crippen molar-refractivity contribution in [3.63, 3.8) is 0 Å². The lowest BCUT2D eigenvalue weighted by molar-refractivity contribution is -0.384. The molecule has 3 aliphatic heterocycles. The predicted octanol–water partition coefficient (Wildman–Crippen LogP) is 4.12. The van der Waals surface area contributed by atoms with Crippen molar-refractivity contribution in [1.29, 1.82) is 0 Å². The Labute approximate surface area is 205 Å². The summed E-state index contributed by atoms with van der Waals surface area (Å²) in [6, 6.07) is 15.7. The van der Waals surface area contributed by atoms with Crippen LogP contribution in [0.4, 0.5) is 11.4 Å². The molecular formula is C26H22N4O4S. The molecule has 2 fully saturated rings. The number of ketones is 1. The van der Waals surface area contributed by atoms with Crippen molar-refractivity contribution in [2.24, 2.45) is 5.92 Å². The number of nitro groups is 1. The standard InChI is InChI=1S/C26H22N4O4S/c1-15-4-9-20-19(11-15)26(25(32)28-20)23(24(31)17-3-2-10-27-12-17)22(21-13-35-14-29(21)26)16-5-7-18(8-6-16)30(33)34/h2-12,21-23H,13-14H2,1H3,(H,28,32)/t21-,22-,23-,26-/m1/s1. The lowest BCUT2D eigenvalue weighted by Gasteiger charge is -2.36. The van der Waals surface area contributed by atoms with Crippen LogP contribution < -0.4 is 5.32 Å². The summed E-state index contributed by atoms with van der Waals surface area (Å²) in [7, 11) is 0. The molecule has 2 aromatic carbocycles. The van der Waals surface area contributed by atoms with Crippen molar-refractivity contribution in [2.75, 3.05) is 16.9 Å². The van der Waals surface area contributed by atoms with Gasteiger partial charge in [-0.1, -0.05) is 29.8 Å². The lowest BCUT2D eigenvalue weighted by Crippen LogP contribution is -2.52. The first-order valence-electron chi connectivity index (χ1n) is 11.4. The number of hydrogen-bond donors (Lipinski definition) is 1. The van der Waals surface area contributed by atoms with Crippen LogP contribution in [0.5, 0.6) is 0 Å². The summed E-state index contributed by atoms with van der Waals surface area (Å²) in [5.41, 5.74) is 2.65. The molecule has 0 bridgehead atoms. The second-order valence-electron chi connectivity index (χ2n) is 9.26. The molecule has 9 heteroatoms. The van der Waals surface area contributed by atoms with Gasteiger partial charge in [0.25, 0.3) is 5.69 Å². The number of aromatic nitrogens is 1. The van der Waals surface area contributed by atoms with Crippen LogP contribution >= 0.6 is 11.8 Å². The first kappa shape index (κ1) is 21.9. The fourth-order valence-corrected chi connectivity index (χ4v) is 7.40. The Morgan fingerprint density at radius 3 is 2.74 bits per heavy atom. The van der Waals surface area contributed by atoms with Gasteiger partial charge in [-0.05, 0) is 30.7 Å². The highest BCUT2D eigenvalue weighted by atomic mass is 32.2. The van der Waals surface area contributed by atoms with Crippen LogP contribution in [-0.2, 0) is 10.3 Å². The highest BCUT2D eigenvalue weighted by Gasteiger charge is 2.69. The van der Waals surface area contributed by atoms with E-state index in [2.05, 4.69) is 15.2 Å². The number of carbonyl (C=O) groups excluding carboxylic acids is 2. The molecule has 1 N–H and O–H groups in total. The van der Waals surface area contributed by atoms with Crippen LogP contribution in [0.3, 0.4) is 0 Å². The number of thioether (sulfide) groups is 1. The van der Waals surface area contributed by atoms with E-state index in [4.69, 9.17) is 0 Å². The number of hydrogen-bond acceptors (Lipinski definition) is 7. The summed E-state index contributed by atoms with van der Waals surface area (Å²) in [6.07, 6.45) is 3.16. The largest absolute Gasteiger partial charge is 0.324 e. The number of amides is 1. The number of pyridine rings is 1. The molecule has 3 aromatic rings. The number of nitrogens with zero attached hydrogens (tertiary/aromatic N) is 3. The summed E-state index contributed by atoms with van der Waals surface area (Å²) in [5, 5.41) is 14.3. The monoisotopic (exact) mass is 486 g/mol. The lowest BCUT2D eigenvalue weighted by atomic mass is 9.69. The molecule has 3 aliphatic rings. The number of nitrogens with one attached hydrogen (secondary N) is 1. The van der Waals surface area contributed by atoms with Crippen LogP contribution in [0.2, 0.25) is 0 Å². The van der Waals surface area contributed by atoms with Crippen molar-refractivity contribution in [2.45, 2.75) is 24.4 Å². The van der Waals surface area contributed by atoms with E-state index in [-0.39, 0.29) is 29.3 Å². The van der Waals surface area contributed by atoms with E-state index in [1.54, 1.807) is 48.4 Å². The van der Waals surface area contributed by atoms with Gasteiger partial charge in [0.1, 0.15) is 5.54 Å². The number of rotatable bonds is 4. The van der Waals surface area contributed by atoms with E-state index >= 15 is 0 Å². The fourth-order valence-electron chi connectivity index (χ4n) is 6.07. The van der Waals surface area contributed by atoms with Crippen molar-refractivity contribution >= 4 is 34.8 Å². The van der Waals surface area contributed by atoms with Gasteiger partial charge in [0, 0.05) is 64.9 Å². The van der Waals surface area contributed by atoms with Crippen LogP contribution in [0.1, 0.15) is 33.0 Å². The molecule has 4 atom stereocenters. The molecule has 0 aliphatic carbocycles. The van der Waals surface area contributed by atoms with Gasteiger partial charge < -0.3 is 5.32 Å². The Morgan fingerprint density at radius 2 is 2.03 bits per heavy atom. The van der Waals surface area contributed by atoms with Gasteiger partial charge >= 0.3 is 0 Å². The molecule has 0 unspecified atom stereocenters. The van der Waals surface area contributed by atoms with Gasteiger partial charge in [-0.2, -0.15) is 0 Å². The van der Waals surface area contributed by atoms with E-state index in [9.17, 15) is 19.7 Å². The van der Waals surface area contributed by atoms with Crippen molar-refractivity contribution in [1.82, 2.24) is 9.88 Å². The van der Waals surface area contributed by atoms with Gasteiger partial charge in [-0.25, -0.2) is 0 Å². The first-order valence-corrected chi connectivity index (χ1v) is 12.5. The molecule has 2 saturated heterocycles. The van der Waals surface area contributed by atoms with Crippen molar-refractivity contribution in [3.05, 3.63) is 99.4 Å². The van der Waals surface area contributed by atoms with E-state index in [1.807, 2.05) is 25.1 Å². The molecule has 8 nitrogen and oxygen atoms in total. The number of aryl methyl sites for hydroxylation is 1. The summed E-state index contributed by atoms with van der Waals surface area (Å²) < 4.78 is 0. The summed E-state index contributed by atoms with van der Waals surface area (Å²) in [4.78, 5) is 45.4. The second-order valence-corrected chi connectivity index (χ2v) is 10.3. The zero-order valence-electron chi connectivity index (χ0n) is 18.9. The van der Waals surface area contributed by atoms with Gasteiger partial charge in [0.2, 0.25) is 5.91 Å². The SMILES string of the molecule is Cc1ccc2c(c1)[C@]1(C(=O)N2)[C@@H](C(=O)c2cccnc2)[C@H](c2ccc([N+](=O)[O-])cc2)[C@H]2CSCN21. The molecule has 1 amide bonds. The van der Waals surface area contributed by atoms with Crippen molar-refractivity contribution < 1.29 is 14.5 Å². The average molecular weight is 487 g/mol. The third-order valence-electron chi connectivity index (χ3n) is 7.49. The minimum atomic E-state index is -1.17. The van der Waals surface area contributed by atoms with Gasteiger partial charge in [0.05, 0.1) is 10.8 Å². The molecule has 1 aromatic heterocycles. The smallest absolute Gasteiger partial charge is 0.269 e. The Balaban J connectivity index is 1.60. The van der Waals surface area contributed by atoms with Gasteiger partial charge in [0.15, 0.2) is 5.78 Å². The molecule has 4 heterocycles. The number of non-ortho nitro benzene ring substituents is 1. The Kier molecular flexibility index (Phi) is 5.01. The topological polar surface area (TPSA) is 105 Å². The van der Waals surface area contributed by atoms with Crippen LogP contribution in [0.25, 0.3) is 0 Å². The zero-order valence-corrected chi connectivity index (χ0v) is 19.7. The van der Waals surface area contributed by atoms with E-state index in [0.29, 0.717) is 11.4 Å². The van der Waals surface area contributed by atoms with Crippen LogP contribution in [0.15, 0.2) is 67.0 Å². The highest BCUT2D eigenvalue weighted by Crippen LogP contribution is 2.61. The van der Waals surface area contributed by atoms with Crippen molar-refractivity contribution in [3.8, 4) is 0 Å². The van der Waals surface area contributed by atoms with E-state index < -0.39 is 16.4 Å². The maximum atomic E-state index is 14.3. The molecule has 0 radical (unpaired) electrons. The number of Topliss-reactive ketones (excluding diaryl/α,β-unsaturated/α-hetero) is 1. The number of fused-ring (bicyclic) bond motifs is 4. The quantitative estimate of drug-likeness (QED) is 0.336. The normalized spacial score (nSPS) is 27.0. The Morgan fingerprint density at radius 1 is 1.23 bits per heavy atom.